The van der Waals surface area contributed by atoms with Crippen molar-refractivity contribution < 1.29 is 9.15 Å². The van der Waals surface area contributed by atoms with Crippen LogP contribution in [0.25, 0.3) is 0 Å². The molecule has 2 aromatic heterocycles. The molecule has 178 valence electrons. The first kappa shape index (κ1) is 25.0. The number of hydrogen-bond acceptors (Lipinski definition) is 6. The number of rotatable bonds is 8. The van der Waals surface area contributed by atoms with Gasteiger partial charge in [-0.3, -0.25) is 9.89 Å². The first-order chi connectivity index (χ1) is 15.2. The van der Waals surface area contributed by atoms with Crippen LogP contribution in [-0.4, -0.2) is 65.0 Å². The van der Waals surface area contributed by atoms with E-state index in [4.69, 9.17) is 14.1 Å². The van der Waals surface area contributed by atoms with Gasteiger partial charge in [-0.1, -0.05) is 0 Å². The van der Waals surface area contributed by atoms with Gasteiger partial charge < -0.3 is 19.8 Å². The zero-order chi connectivity index (χ0) is 21.6. The summed E-state index contributed by atoms with van der Waals surface area (Å²) in [6.45, 7) is 9.02. The maximum atomic E-state index is 5.98. The molecule has 32 heavy (non-hydrogen) atoms. The molecule has 2 aromatic rings. The molecule has 4 heterocycles. The van der Waals surface area contributed by atoms with Crippen LogP contribution < -0.4 is 10.6 Å². The third kappa shape index (κ3) is 6.22. The van der Waals surface area contributed by atoms with Crippen molar-refractivity contribution in [3.05, 3.63) is 35.3 Å². The van der Waals surface area contributed by atoms with Crippen LogP contribution in [0.4, 0.5) is 0 Å². The van der Waals surface area contributed by atoms with Crippen LogP contribution in [0.15, 0.2) is 21.5 Å². The van der Waals surface area contributed by atoms with Gasteiger partial charge in [0.25, 0.3) is 0 Å². The van der Waals surface area contributed by atoms with Gasteiger partial charge in [-0.05, 0) is 58.3 Å². The number of likely N-dealkylation sites (tertiary alicyclic amines) is 1. The monoisotopic (exact) mass is 557 g/mol. The number of furan rings is 1. The summed E-state index contributed by atoms with van der Waals surface area (Å²) >= 11 is 0. The molecule has 0 aromatic carbocycles. The van der Waals surface area contributed by atoms with Crippen LogP contribution >= 0.6 is 24.0 Å². The van der Waals surface area contributed by atoms with E-state index in [2.05, 4.69) is 38.6 Å². The summed E-state index contributed by atoms with van der Waals surface area (Å²) < 4.78 is 13.1. The smallest absolute Gasteiger partial charge is 0.191 e. The van der Waals surface area contributed by atoms with Crippen LogP contribution in [0.2, 0.25) is 0 Å². The number of hydrogen-bond donors (Lipinski definition) is 2. The Bertz CT molecular complexity index is 876. The highest BCUT2D eigenvalue weighted by molar-refractivity contribution is 14.0. The molecule has 2 aliphatic rings. The van der Waals surface area contributed by atoms with Crippen LogP contribution in [0.1, 0.15) is 55.4 Å². The summed E-state index contributed by atoms with van der Waals surface area (Å²) in [4.78, 5) is 12.0. The van der Waals surface area contributed by atoms with Crippen LogP contribution in [0.3, 0.4) is 0 Å². The number of halogens is 1. The van der Waals surface area contributed by atoms with E-state index in [9.17, 15) is 0 Å². The molecule has 0 saturated carbocycles. The van der Waals surface area contributed by atoms with E-state index in [-0.39, 0.29) is 36.1 Å². The fraction of sp³-hybridized carbons (Fsp3) is 0.682. The molecule has 4 rings (SSSR count). The largest absolute Gasteiger partial charge is 0.465 e. The lowest BCUT2D eigenvalue weighted by molar-refractivity contribution is 0.177. The van der Waals surface area contributed by atoms with E-state index >= 15 is 0 Å². The minimum atomic E-state index is 0. The molecule has 0 radical (unpaired) electrons. The Morgan fingerprint density at radius 1 is 1.34 bits per heavy atom. The minimum Gasteiger partial charge on any atom is -0.465 e. The number of aryl methyl sites for hydroxylation is 2. The van der Waals surface area contributed by atoms with Crippen molar-refractivity contribution in [2.24, 2.45) is 4.99 Å². The van der Waals surface area contributed by atoms with Crippen molar-refractivity contribution >= 4 is 29.9 Å². The Morgan fingerprint density at radius 3 is 2.84 bits per heavy atom. The predicted octanol–water partition coefficient (Wildman–Crippen LogP) is 2.65. The summed E-state index contributed by atoms with van der Waals surface area (Å²) in [5.74, 6) is 4.59. The van der Waals surface area contributed by atoms with Gasteiger partial charge in [0.2, 0.25) is 0 Å². The van der Waals surface area contributed by atoms with Gasteiger partial charge in [-0.25, -0.2) is 9.67 Å². The second-order valence-corrected chi connectivity index (χ2v) is 8.37. The zero-order valence-electron chi connectivity index (χ0n) is 19.3. The fourth-order valence-electron chi connectivity index (χ4n) is 4.43. The van der Waals surface area contributed by atoms with Crippen molar-refractivity contribution in [2.45, 2.75) is 64.8 Å². The maximum absolute atomic E-state index is 5.98. The number of nitrogens with one attached hydrogen (secondary N) is 2. The third-order valence-corrected chi connectivity index (χ3v) is 5.95. The predicted molar refractivity (Wildman–Crippen MR) is 134 cm³/mol. The first-order valence-electron chi connectivity index (χ1n) is 11.4. The number of ether oxygens (including phenoxy) is 1. The molecular weight excluding hydrogens is 521 g/mol. The quantitative estimate of drug-likeness (QED) is 0.293. The summed E-state index contributed by atoms with van der Waals surface area (Å²) in [7, 11) is 1.67. The molecule has 0 amide bonds. The molecule has 2 atom stereocenters. The molecule has 0 spiro atoms. The summed E-state index contributed by atoms with van der Waals surface area (Å²) in [5, 5.41) is 11.6. The molecule has 0 aliphatic carbocycles. The number of methoxy groups -OCH3 is 1. The third-order valence-electron chi connectivity index (χ3n) is 5.95. The molecule has 0 bridgehead atoms. The normalized spacial score (nSPS) is 20.0. The number of nitrogens with zero attached hydrogens (tertiary/aromatic N) is 5. The van der Waals surface area contributed by atoms with Gasteiger partial charge in [0.15, 0.2) is 11.8 Å². The van der Waals surface area contributed by atoms with E-state index in [0.29, 0.717) is 13.2 Å². The van der Waals surface area contributed by atoms with Gasteiger partial charge in [-0.2, -0.15) is 5.10 Å². The maximum Gasteiger partial charge on any atom is 0.191 e. The molecule has 2 aliphatic heterocycles. The molecule has 10 heteroatoms. The van der Waals surface area contributed by atoms with Crippen LogP contribution in [-0.2, 0) is 24.3 Å². The Morgan fingerprint density at radius 2 is 2.16 bits per heavy atom. The van der Waals surface area contributed by atoms with E-state index in [0.717, 1.165) is 68.1 Å². The lowest BCUT2D eigenvalue weighted by Gasteiger charge is -2.27. The van der Waals surface area contributed by atoms with Crippen molar-refractivity contribution in [3.8, 4) is 0 Å². The van der Waals surface area contributed by atoms with E-state index in [1.165, 1.54) is 12.8 Å². The lowest BCUT2D eigenvalue weighted by atomic mass is 10.1. The zero-order valence-corrected chi connectivity index (χ0v) is 21.7. The van der Waals surface area contributed by atoms with Gasteiger partial charge >= 0.3 is 0 Å². The highest BCUT2D eigenvalue weighted by Crippen LogP contribution is 2.27. The van der Waals surface area contributed by atoms with Crippen LogP contribution in [0.5, 0.6) is 0 Å². The highest BCUT2D eigenvalue weighted by Gasteiger charge is 2.27. The van der Waals surface area contributed by atoms with Crippen molar-refractivity contribution in [1.29, 1.82) is 0 Å². The molecule has 1 saturated heterocycles. The summed E-state index contributed by atoms with van der Waals surface area (Å²) in [6, 6.07) is 4.58. The summed E-state index contributed by atoms with van der Waals surface area (Å²) in [5.41, 5.74) is 0. The standard InChI is InChI=1S/C22H35N7O2.HI/c1-4-23-22(25-17-8-10-21-26-20(15-30-3)27-29(21)14-17)24-13-18(28-11-5-6-12-28)19-9-7-16(2)31-19;/h7,9,17-18H,4-6,8,10-15H2,1-3H3,(H2,23,24,25);1H. The minimum absolute atomic E-state index is 0. The topological polar surface area (TPSA) is 92.7 Å². The van der Waals surface area contributed by atoms with Crippen molar-refractivity contribution in [3.63, 3.8) is 0 Å². The molecule has 2 unspecified atom stereocenters. The lowest BCUT2D eigenvalue weighted by Crippen LogP contribution is -2.47. The highest BCUT2D eigenvalue weighted by atomic mass is 127. The van der Waals surface area contributed by atoms with Crippen molar-refractivity contribution in [2.75, 3.05) is 33.3 Å². The molecule has 1 fully saturated rings. The van der Waals surface area contributed by atoms with E-state index < -0.39 is 0 Å². The van der Waals surface area contributed by atoms with E-state index in [1.54, 1.807) is 7.11 Å². The first-order valence-corrected chi connectivity index (χ1v) is 11.4. The molecule has 2 N–H and O–H groups in total. The van der Waals surface area contributed by atoms with Crippen LogP contribution in [0, 0.1) is 6.92 Å². The Hall–Kier alpha value is -1.66. The average molecular weight is 557 g/mol. The molecular formula is C22H36IN7O2. The number of aliphatic imine (C=N–C) groups is 1. The SMILES string of the molecule is CCNC(=NCC(c1ccc(C)o1)N1CCCC1)NC1CCc2nc(COC)nn2C1.I. The van der Waals surface area contributed by atoms with Crippen molar-refractivity contribution in [1.82, 2.24) is 30.3 Å². The number of fused-ring (bicyclic) bond motifs is 1. The Balaban J connectivity index is 0.00000289. The van der Waals surface area contributed by atoms with E-state index in [1.807, 2.05) is 17.7 Å². The second-order valence-electron chi connectivity index (χ2n) is 8.37. The van der Waals surface area contributed by atoms with Gasteiger partial charge in [0.1, 0.15) is 24.0 Å². The average Bonchev–Trinajstić information content (AvgIpc) is 3.50. The van der Waals surface area contributed by atoms with Gasteiger partial charge in [0.05, 0.1) is 19.1 Å². The van der Waals surface area contributed by atoms with Gasteiger partial charge in [0, 0.05) is 26.1 Å². The summed E-state index contributed by atoms with van der Waals surface area (Å²) in [6.07, 6.45) is 4.38. The fourth-order valence-corrected chi connectivity index (χ4v) is 4.43. The van der Waals surface area contributed by atoms with Gasteiger partial charge in [-0.15, -0.1) is 24.0 Å². The molecule has 9 nitrogen and oxygen atoms in total. The second kappa shape index (κ2) is 12.0. The number of aromatic nitrogens is 3. The Labute approximate surface area is 207 Å². The number of guanidine groups is 1. The Kier molecular flexibility index (Phi) is 9.35.